The van der Waals surface area contributed by atoms with Gasteiger partial charge in [-0.3, -0.25) is 4.79 Å². The van der Waals surface area contributed by atoms with Crippen molar-refractivity contribution < 1.29 is 9.90 Å². The maximum atomic E-state index is 12.2. The molecule has 2 N–H and O–H groups in total. The highest BCUT2D eigenvalue weighted by Crippen LogP contribution is 2.37. The smallest absolute Gasteiger partial charge is 0.251 e. The Balaban J connectivity index is 2.10. The van der Waals surface area contributed by atoms with Crippen LogP contribution in [0.3, 0.4) is 0 Å². The Hall–Kier alpha value is -1.51. The van der Waals surface area contributed by atoms with Gasteiger partial charge in [-0.15, -0.1) is 0 Å². The van der Waals surface area contributed by atoms with Gasteiger partial charge in [0, 0.05) is 11.6 Å². The number of benzene rings is 1. The van der Waals surface area contributed by atoms with Crippen molar-refractivity contribution >= 4 is 5.91 Å². The van der Waals surface area contributed by atoms with Crippen molar-refractivity contribution in [3.63, 3.8) is 0 Å². The van der Waals surface area contributed by atoms with Crippen molar-refractivity contribution in [2.45, 2.75) is 46.1 Å². The normalized spacial score (nSPS) is 21.8. The first-order valence-corrected chi connectivity index (χ1v) is 6.50. The van der Waals surface area contributed by atoms with E-state index in [9.17, 15) is 9.90 Å². The van der Waals surface area contributed by atoms with Crippen molar-refractivity contribution in [3.8, 4) is 5.75 Å². The number of aromatic hydroxyl groups is 1. The molecule has 0 aromatic heterocycles. The molecule has 0 radical (unpaired) electrons. The molecule has 0 bridgehead atoms. The van der Waals surface area contributed by atoms with E-state index in [0.717, 1.165) is 18.4 Å². The van der Waals surface area contributed by atoms with Gasteiger partial charge in [-0.2, -0.15) is 0 Å². The summed E-state index contributed by atoms with van der Waals surface area (Å²) in [5.41, 5.74) is 1.53. The van der Waals surface area contributed by atoms with Crippen LogP contribution in [0, 0.1) is 12.3 Å². The average molecular weight is 247 g/mol. The maximum absolute atomic E-state index is 12.2. The highest BCUT2D eigenvalue weighted by Gasteiger charge is 2.35. The fourth-order valence-electron chi connectivity index (χ4n) is 2.63. The quantitative estimate of drug-likeness (QED) is 0.844. The standard InChI is InChI=1S/C15H21NO2/c1-10-9-11(6-7-12(10)17)14(18)16-13-5-4-8-15(13,2)3/h6-7,9,13,17H,4-5,8H2,1-3H3,(H,16,18). The van der Waals surface area contributed by atoms with Crippen molar-refractivity contribution in [1.29, 1.82) is 0 Å². The lowest BCUT2D eigenvalue weighted by Crippen LogP contribution is -2.41. The zero-order valence-electron chi connectivity index (χ0n) is 11.3. The van der Waals surface area contributed by atoms with Crippen LogP contribution < -0.4 is 5.32 Å². The number of carbonyl (C=O) groups excluding carboxylic acids is 1. The van der Waals surface area contributed by atoms with Crippen LogP contribution in [0.25, 0.3) is 0 Å². The lowest BCUT2D eigenvalue weighted by Gasteiger charge is -2.27. The summed E-state index contributed by atoms with van der Waals surface area (Å²) in [4.78, 5) is 12.2. The summed E-state index contributed by atoms with van der Waals surface area (Å²) < 4.78 is 0. The minimum atomic E-state index is -0.0434. The number of phenolic OH excluding ortho intramolecular Hbond substituents is 1. The number of hydrogen-bond acceptors (Lipinski definition) is 2. The first-order chi connectivity index (χ1) is 8.40. The van der Waals surface area contributed by atoms with Crippen LogP contribution in [0.5, 0.6) is 5.75 Å². The molecule has 1 unspecified atom stereocenters. The van der Waals surface area contributed by atoms with Gasteiger partial charge in [-0.1, -0.05) is 20.3 Å². The summed E-state index contributed by atoms with van der Waals surface area (Å²) in [6.45, 7) is 6.20. The summed E-state index contributed by atoms with van der Waals surface area (Å²) in [6, 6.07) is 5.22. The van der Waals surface area contributed by atoms with E-state index in [0.29, 0.717) is 5.56 Å². The minimum absolute atomic E-state index is 0.0434. The predicted octanol–water partition coefficient (Wildman–Crippen LogP) is 3.01. The van der Waals surface area contributed by atoms with Gasteiger partial charge >= 0.3 is 0 Å². The van der Waals surface area contributed by atoms with E-state index < -0.39 is 0 Å². The van der Waals surface area contributed by atoms with Crippen LogP contribution in [0.4, 0.5) is 0 Å². The van der Waals surface area contributed by atoms with E-state index >= 15 is 0 Å². The molecule has 0 spiro atoms. The summed E-state index contributed by atoms with van der Waals surface area (Å²) in [5.74, 6) is 0.186. The summed E-state index contributed by atoms with van der Waals surface area (Å²) in [6.07, 6.45) is 3.38. The van der Waals surface area contributed by atoms with Crippen LogP contribution in [0.15, 0.2) is 18.2 Å². The Labute approximate surface area is 108 Å². The third-order valence-electron chi connectivity index (χ3n) is 4.02. The zero-order chi connectivity index (χ0) is 13.3. The largest absolute Gasteiger partial charge is 0.508 e. The van der Waals surface area contributed by atoms with E-state index in [-0.39, 0.29) is 23.1 Å². The highest BCUT2D eigenvalue weighted by molar-refractivity contribution is 5.94. The third-order valence-corrected chi connectivity index (χ3v) is 4.02. The van der Waals surface area contributed by atoms with Crippen molar-refractivity contribution in [2.75, 3.05) is 0 Å². The molecule has 3 nitrogen and oxygen atoms in total. The van der Waals surface area contributed by atoms with Crippen molar-refractivity contribution in [2.24, 2.45) is 5.41 Å². The Kier molecular flexibility index (Phi) is 3.33. The number of nitrogens with one attached hydrogen (secondary N) is 1. The van der Waals surface area contributed by atoms with Crippen molar-refractivity contribution in [1.82, 2.24) is 5.32 Å². The van der Waals surface area contributed by atoms with E-state index in [2.05, 4.69) is 19.2 Å². The van der Waals surface area contributed by atoms with Gasteiger partial charge in [-0.05, 0) is 48.9 Å². The molecule has 1 fully saturated rings. The molecule has 1 aromatic rings. The van der Waals surface area contributed by atoms with Crippen LogP contribution in [-0.2, 0) is 0 Å². The fraction of sp³-hybridized carbons (Fsp3) is 0.533. The van der Waals surface area contributed by atoms with Gasteiger partial charge in [0.05, 0.1) is 0 Å². The topological polar surface area (TPSA) is 49.3 Å². The molecule has 1 aliphatic rings. The lowest BCUT2D eigenvalue weighted by atomic mass is 9.87. The predicted molar refractivity (Wildman–Crippen MR) is 71.7 cm³/mol. The molecule has 1 aliphatic carbocycles. The first kappa shape index (κ1) is 12.9. The van der Waals surface area contributed by atoms with Gasteiger partial charge in [0.25, 0.3) is 5.91 Å². The van der Waals surface area contributed by atoms with Crippen LogP contribution in [-0.4, -0.2) is 17.1 Å². The average Bonchev–Trinajstić information content (AvgIpc) is 2.62. The molecule has 2 rings (SSSR count). The van der Waals surface area contributed by atoms with E-state index in [1.165, 1.54) is 6.42 Å². The Bertz CT molecular complexity index is 466. The second-order valence-corrected chi connectivity index (χ2v) is 5.91. The molecule has 0 saturated heterocycles. The number of amides is 1. The van der Waals surface area contributed by atoms with Gasteiger partial charge in [-0.25, -0.2) is 0 Å². The summed E-state index contributed by atoms with van der Waals surface area (Å²) in [7, 11) is 0. The SMILES string of the molecule is Cc1cc(C(=O)NC2CCCC2(C)C)ccc1O. The molecular weight excluding hydrogens is 226 g/mol. The second-order valence-electron chi connectivity index (χ2n) is 5.91. The molecule has 0 heterocycles. The van der Waals surface area contributed by atoms with E-state index in [1.54, 1.807) is 25.1 Å². The second kappa shape index (κ2) is 4.63. The first-order valence-electron chi connectivity index (χ1n) is 6.50. The van der Waals surface area contributed by atoms with Gasteiger partial charge in [0.2, 0.25) is 0 Å². The zero-order valence-corrected chi connectivity index (χ0v) is 11.3. The molecule has 1 aromatic carbocycles. The Morgan fingerprint density at radius 2 is 2.17 bits per heavy atom. The molecule has 18 heavy (non-hydrogen) atoms. The number of aryl methyl sites for hydroxylation is 1. The molecule has 1 atom stereocenters. The molecule has 1 saturated carbocycles. The van der Waals surface area contributed by atoms with Crippen LogP contribution >= 0.6 is 0 Å². The third kappa shape index (κ3) is 2.50. The van der Waals surface area contributed by atoms with E-state index in [4.69, 9.17) is 0 Å². The number of carbonyl (C=O) groups is 1. The Morgan fingerprint density at radius 1 is 1.44 bits per heavy atom. The summed E-state index contributed by atoms with van der Waals surface area (Å²) in [5, 5.41) is 12.6. The Morgan fingerprint density at radius 3 is 2.72 bits per heavy atom. The number of rotatable bonds is 2. The molecule has 3 heteroatoms. The van der Waals surface area contributed by atoms with Crippen LogP contribution in [0.2, 0.25) is 0 Å². The van der Waals surface area contributed by atoms with Crippen molar-refractivity contribution in [3.05, 3.63) is 29.3 Å². The summed E-state index contributed by atoms with van der Waals surface area (Å²) >= 11 is 0. The number of hydrogen-bond donors (Lipinski definition) is 2. The van der Waals surface area contributed by atoms with Gasteiger partial charge in [0.1, 0.15) is 5.75 Å². The maximum Gasteiger partial charge on any atom is 0.251 e. The number of phenols is 1. The monoisotopic (exact) mass is 247 g/mol. The lowest BCUT2D eigenvalue weighted by molar-refractivity contribution is 0.0910. The van der Waals surface area contributed by atoms with Gasteiger partial charge in [0.15, 0.2) is 0 Å². The fourth-order valence-corrected chi connectivity index (χ4v) is 2.63. The van der Waals surface area contributed by atoms with E-state index in [1.807, 2.05) is 0 Å². The molecular formula is C15H21NO2. The van der Waals surface area contributed by atoms with Crippen LogP contribution in [0.1, 0.15) is 49.0 Å². The molecule has 98 valence electrons. The van der Waals surface area contributed by atoms with Gasteiger partial charge < -0.3 is 10.4 Å². The molecule has 1 amide bonds. The molecule has 0 aliphatic heterocycles. The highest BCUT2D eigenvalue weighted by atomic mass is 16.3. The minimum Gasteiger partial charge on any atom is -0.508 e.